The van der Waals surface area contributed by atoms with Gasteiger partial charge in [-0.15, -0.1) is 0 Å². The molecule has 0 unspecified atom stereocenters. The first-order valence-corrected chi connectivity index (χ1v) is 13.0. The molecular formula is C25H25N3OS3. The second-order valence-corrected chi connectivity index (χ2v) is 10.1. The number of thiazole rings is 1. The van der Waals surface area contributed by atoms with E-state index in [1.807, 2.05) is 17.8 Å². The topological polar surface area (TPSA) is 29.8 Å². The maximum atomic E-state index is 5.50. The highest BCUT2D eigenvalue weighted by Crippen LogP contribution is 2.49. The molecule has 0 saturated carbocycles. The monoisotopic (exact) mass is 479 g/mol. The number of methoxy groups -OCH3 is 1. The Balaban J connectivity index is 1.40. The van der Waals surface area contributed by atoms with Crippen LogP contribution in [0.25, 0.3) is 10.2 Å². The maximum Gasteiger partial charge on any atom is 0.185 e. The molecule has 1 aromatic heterocycles. The van der Waals surface area contributed by atoms with Crippen LogP contribution >= 0.6 is 35.7 Å². The van der Waals surface area contributed by atoms with Gasteiger partial charge in [-0.05, 0) is 42.8 Å². The van der Waals surface area contributed by atoms with Crippen LogP contribution < -0.4 is 14.4 Å². The summed E-state index contributed by atoms with van der Waals surface area (Å²) in [5.41, 5.74) is 3.71. The summed E-state index contributed by atoms with van der Waals surface area (Å²) in [6, 6.07) is 23.5. The van der Waals surface area contributed by atoms with Gasteiger partial charge in [-0.25, -0.2) is 0 Å². The molecule has 0 N–H and O–H groups in total. The SMILES string of the molecule is COc1ccc2c(c1)N(CCCN=c1sc3ccccc3n1CCS)c1ccccc1S2. The van der Waals surface area contributed by atoms with E-state index in [1.165, 1.54) is 31.4 Å². The summed E-state index contributed by atoms with van der Waals surface area (Å²) in [6.07, 6.45) is 0.963. The number of hydrogen-bond donors (Lipinski definition) is 1. The Labute approximate surface area is 202 Å². The summed E-state index contributed by atoms with van der Waals surface area (Å²) in [7, 11) is 1.72. The van der Waals surface area contributed by atoms with Crippen molar-refractivity contribution in [2.75, 3.05) is 30.9 Å². The number of hydrogen-bond acceptors (Lipinski definition) is 6. The highest BCUT2D eigenvalue weighted by molar-refractivity contribution is 7.99. The number of para-hydroxylation sites is 2. The van der Waals surface area contributed by atoms with Crippen LogP contribution in [0.3, 0.4) is 0 Å². The summed E-state index contributed by atoms with van der Waals surface area (Å²) < 4.78 is 9.07. The fourth-order valence-electron chi connectivity index (χ4n) is 4.04. The Bertz CT molecular complexity index is 1310. The Hall–Kier alpha value is -2.35. The third kappa shape index (κ3) is 4.17. The van der Waals surface area contributed by atoms with E-state index < -0.39 is 0 Å². The molecule has 4 nitrogen and oxygen atoms in total. The predicted octanol–water partition coefficient (Wildman–Crippen LogP) is 6.23. The minimum atomic E-state index is 0.782. The number of ether oxygens (including phenoxy) is 1. The third-order valence-electron chi connectivity index (χ3n) is 5.53. The zero-order valence-corrected chi connectivity index (χ0v) is 20.4. The molecule has 0 atom stereocenters. The van der Waals surface area contributed by atoms with Gasteiger partial charge in [0.25, 0.3) is 0 Å². The average molecular weight is 480 g/mol. The lowest BCUT2D eigenvalue weighted by Crippen LogP contribution is -2.23. The standard InChI is InChI=1S/C25H25N3OS3/c1-29-18-11-12-24-21(17-18)27(19-7-2-4-9-22(19)31-24)14-6-13-26-25-28(15-16-30)20-8-3-5-10-23(20)32-25/h2-5,7-12,17,30H,6,13-16H2,1H3. The normalized spacial score (nSPS) is 13.3. The maximum absolute atomic E-state index is 5.50. The number of benzene rings is 3. The highest BCUT2D eigenvalue weighted by atomic mass is 32.2. The van der Waals surface area contributed by atoms with Crippen LogP contribution in [-0.2, 0) is 6.54 Å². The number of nitrogens with zero attached hydrogens (tertiary/aromatic N) is 3. The van der Waals surface area contributed by atoms with E-state index in [0.717, 1.165) is 42.4 Å². The van der Waals surface area contributed by atoms with Gasteiger partial charge in [-0.2, -0.15) is 12.6 Å². The summed E-state index contributed by atoms with van der Waals surface area (Å²) in [4.78, 5) is 11.0. The van der Waals surface area contributed by atoms with Crippen LogP contribution in [0.4, 0.5) is 11.4 Å². The smallest absolute Gasteiger partial charge is 0.185 e. The number of aryl methyl sites for hydroxylation is 1. The minimum Gasteiger partial charge on any atom is -0.497 e. The van der Waals surface area contributed by atoms with Gasteiger partial charge >= 0.3 is 0 Å². The summed E-state index contributed by atoms with van der Waals surface area (Å²) in [6.45, 7) is 2.55. The summed E-state index contributed by atoms with van der Waals surface area (Å²) in [5, 5.41) is 0. The van der Waals surface area contributed by atoms with Crippen LogP contribution in [0.5, 0.6) is 5.75 Å². The number of aromatic nitrogens is 1. The molecular weight excluding hydrogens is 454 g/mol. The van der Waals surface area contributed by atoms with Crippen LogP contribution in [0.1, 0.15) is 6.42 Å². The van der Waals surface area contributed by atoms with Gasteiger partial charge in [0.15, 0.2) is 4.80 Å². The Kier molecular flexibility index (Phi) is 6.48. The first-order chi connectivity index (χ1) is 15.8. The predicted molar refractivity (Wildman–Crippen MR) is 139 cm³/mol. The average Bonchev–Trinajstić information content (AvgIpc) is 3.18. The Morgan fingerprint density at radius 3 is 2.62 bits per heavy atom. The fraction of sp³-hybridized carbons (Fsp3) is 0.240. The molecule has 164 valence electrons. The molecule has 0 fully saturated rings. The van der Waals surface area contributed by atoms with E-state index >= 15 is 0 Å². The van der Waals surface area contributed by atoms with Gasteiger partial charge in [0.05, 0.1) is 28.7 Å². The zero-order chi connectivity index (χ0) is 21.9. The van der Waals surface area contributed by atoms with Gasteiger partial charge in [0, 0.05) is 41.2 Å². The molecule has 0 aliphatic carbocycles. The van der Waals surface area contributed by atoms with Crippen molar-refractivity contribution in [1.82, 2.24) is 4.57 Å². The van der Waals surface area contributed by atoms with Gasteiger partial charge in [0.1, 0.15) is 5.75 Å². The molecule has 0 spiro atoms. The van der Waals surface area contributed by atoms with E-state index in [4.69, 9.17) is 9.73 Å². The summed E-state index contributed by atoms with van der Waals surface area (Å²) in [5.74, 6) is 1.69. The quantitative estimate of drug-likeness (QED) is 0.252. The van der Waals surface area contributed by atoms with Crippen molar-refractivity contribution in [3.63, 3.8) is 0 Å². The molecule has 4 aromatic rings. The van der Waals surface area contributed by atoms with Crippen LogP contribution in [0, 0.1) is 0 Å². The van der Waals surface area contributed by atoms with Crippen molar-refractivity contribution in [2.45, 2.75) is 22.8 Å². The molecule has 3 aromatic carbocycles. The van der Waals surface area contributed by atoms with Gasteiger partial charge in [-0.3, -0.25) is 4.99 Å². The number of rotatable bonds is 7. The third-order valence-corrected chi connectivity index (χ3v) is 7.96. The molecule has 5 rings (SSSR count). The Morgan fingerprint density at radius 2 is 1.75 bits per heavy atom. The van der Waals surface area contributed by atoms with Crippen LogP contribution in [-0.4, -0.2) is 30.5 Å². The lowest BCUT2D eigenvalue weighted by atomic mass is 10.2. The summed E-state index contributed by atoms with van der Waals surface area (Å²) >= 11 is 8.03. The molecule has 0 amide bonds. The van der Waals surface area contributed by atoms with Gasteiger partial charge in [-0.1, -0.05) is 47.4 Å². The van der Waals surface area contributed by atoms with Crippen molar-refractivity contribution in [2.24, 2.45) is 4.99 Å². The lowest BCUT2D eigenvalue weighted by molar-refractivity contribution is 0.414. The van der Waals surface area contributed by atoms with E-state index in [1.54, 1.807) is 18.4 Å². The molecule has 0 bridgehead atoms. The molecule has 1 aliphatic heterocycles. The van der Waals surface area contributed by atoms with Crippen molar-refractivity contribution < 1.29 is 4.74 Å². The van der Waals surface area contributed by atoms with Crippen molar-refractivity contribution >= 4 is 57.3 Å². The second kappa shape index (κ2) is 9.65. The van der Waals surface area contributed by atoms with Gasteiger partial charge < -0.3 is 14.2 Å². The first-order valence-electron chi connectivity index (χ1n) is 10.7. The van der Waals surface area contributed by atoms with Crippen molar-refractivity contribution in [1.29, 1.82) is 0 Å². The van der Waals surface area contributed by atoms with E-state index in [2.05, 4.69) is 82.8 Å². The lowest BCUT2D eigenvalue weighted by Gasteiger charge is -2.33. The van der Waals surface area contributed by atoms with Gasteiger partial charge in [0.2, 0.25) is 0 Å². The fourth-order valence-corrected chi connectivity index (χ4v) is 6.40. The van der Waals surface area contributed by atoms with E-state index in [9.17, 15) is 0 Å². The molecule has 2 heterocycles. The zero-order valence-electron chi connectivity index (χ0n) is 17.9. The van der Waals surface area contributed by atoms with E-state index in [0.29, 0.717) is 0 Å². The van der Waals surface area contributed by atoms with E-state index in [-0.39, 0.29) is 0 Å². The first kappa shape index (κ1) is 21.5. The molecule has 1 aliphatic rings. The number of anilines is 2. The molecule has 7 heteroatoms. The van der Waals surface area contributed by atoms with Crippen LogP contribution in [0.2, 0.25) is 0 Å². The highest BCUT2D eigenvalue weighted by Gasteiger charge is 2.23. The number of thiol groups is 1. The largest absolute Gasteiger partial charge is 0.497 e. The van der Waals surface area contributed by atoms with Crippen molar-refractivity contribution in [3.05, 3.63) is 71.5 Å². The molecule has 0 saturated heterocycles. The van der Waals surface area contributed by atoms with Crippen molar-refractivity contribution in [3.8, 4) is 5.75 Å². The second-order valence-electron chi connectivity index (χ2n) is 7.52. The molecule has 32 heavy (non-hydrogen) atoms. The molecule has 0 radical (unpaired) electrons. The minimum absolute atomic E-state index is 0.782. The Morgan fingerprint density at radius 1 is 0.938 bits per heavy atom. The van der Waals surface area contributed by atoms with Crippen LogP contribution in [0.15, 0.2) is 81.5 Å². The number of fused-ring (bicyclic) bond motifs is 3.